The van der Waals surface area contributed by atoms with Crippen molar-refractivity contribution in [3.63, 3.8) is 0 Å². The van der Waals surface area contributed by atoms with Crippen LogP contribution in [0.25, 0.3) is 11.0 Å². The number of amides is 1. The Morgan fingerprint density at radius 1 is 1.42 bits per heavy atom. The Labute approximate surface area is 153 Å². The molecule has 5 nitrogen and oxygen atoms in total. The number of hydrogen-bond donors (Lipinski definition) is 2. The van der Waals surface area contributed by atoms with Gasteiger partial charge in [0, 0.05) is 18.7 Å². The van der Waals surface area contributed by atoms with E-state index in [1.807, 2.05) is 18.4 Å². The number of fused-ring (bicyclic) bond motifs is 3. The average Bonchev–Trinajstić information content (AvgIpc) is 2.73. The second kappa shape index (κ2) is 8.74. The molecule has 1 aromatic heterocycles. The number of halogens is 1. The molecule has 0 aliphatic carbocycles. The lowest BCUT2D eigenvalue weighted by Gasteiger charge is -2.11. The van der Waals surface area contributed by atoms with Gasteiger partial charge in [0.05, 0.1) is 17.1 Å². The van der Waals surface area contributed by atoms with Crippen molar-refractivity contribution in [3.8, 4) is 0 Å². The van der Waals surface area contributed by atoms with Gasteiger partial charge >= 0.3 is 0 Å². The SMILES string of the molecule is CSCC[C@H](N)C(=O)Nc1ccc2c(c1)nc1n2CCCCC1.Cl. The molecule has 0 bridgehead atoms. The highest BCUT2D eigenvalue weighted by molar-refractivity contribution is 7.98. The summed E-state index contributed by atoms with van der Waals surface area (Å²) in [6.45, 7) is 1.04. The molecule has 1 atom stereocenters. The summed E-state index contributed by atoms with van der Waals surface area (Å²) in [4.78, 5) is 16.9. The minimum atomic E-state index is -0.461. The van der Waals surface area contributed by atoms with Crippen LogP contribution >= 0.6 is 24.2 Å². The smallest absolute Gasteiger partial charge is 0.241 e. The molecule has 1 aliphatic rings. The van der Waals surface area contributed by atoms with E-state index >= 15 is 0 Å². The summed E-state index contributed by atoms with van der Waals surface area (Å²) >= 11 is 1.70. The first kappa shape index (κ1) is 19.1. The molecule has 0 saturated heterocycles. The van der Waals surface area contributed by atoms with Crippen LogP contribution in [0.5, 0.6) is 0 Å². The lowest BCUT2D eigenvalue weighted by molar-refractivity contribution is -0.117. The Kier molecular flexibility index (Phi) is 6.95. The number of nitrogens with zero attached hydrogens (tertiary/aromatic N) is 2. The third kappa shape index (κ3) is 4.23. The minimum Gasteiger partial charge on any atom is -0.328 e. The maximum atomic E-state index is 12.1. The number of aromatic nitrogens is 2. The van der Waals surface area contributed by atoms with E-state index in [2.05, 4.69) is 16.0 Å². The number of rotatable bonds is 5. The predicted octanol–water partition coefficient (Wildman–Crippen LogP) is 3.20. The van der Waals surface area contributed by atoms with Crippen LogP contribution in [-0.2, 0) is 17.8 Å². The van der Waals surface area contributed by atoms with E-state index in [0.29, 0.717) is 6.42 Å². The highest BCUT2D eigenvalue weighted by atomic mass is 35.5. The lowest BCUT2D eigenvalue weighted by Crippen LogP contribution is -2.36. The number of anilines is 1. The van der Waals surface area contributed by atoms with Gasteiger partial charge in [0.25, 0.3) is 0 Å². The van der Waals surface area contributed by atoms with E-state index in [1.54, 1.807) is 11.8 Å². The Morgan fingerprint density at radius 3 is 3.04 bits per heavy atom. The Morgan fingerprint density at radius 2 is 2.25 bits per heavy atom. The van der Waals surface area contributed by atoms with Gasteiger partial charge in [0.1, 0.15) is 5.82 Å². The fourth-order valence-corrected chi connectivity index (χ4v) is 3.53. The van der Waals surface area contributed by atoms with Gasteiger partial charge < -0.3 is 15.6 Å². The number of thioether (sulfide) groups is 1. The summed E-state index contributed by atoms with van der Waals surface area (Å²) < 4.78 is 2.32. The van der Waals surface area contributed by atoms with Crippen molar-refractivity contribution in [2.24, 2.45) is 5.73 Å². The topological polar surface area (TPSA) is 72.9 Å². The molecule has 0 saturated carbocycles. The van der Waals surface area contributed by atoms with Crippen LogP contribution in [0, 0.1) is 0 Å². The largest absolute Gasteiger partial charge is 0.328 e. The van der Waals surface area contributed by atoms with Gasteiger partial charge in [-0.1, -0.05) is 6.42 Å². The molecule has 2 heterocycles. The number of carbonyl (C=O) groups is 1. The van der Waals surface area contributed by atoms with Crippen molar-refractivity contribution in [3.05, 3.63) is 24.0 Å². The molecule has 0 fully saturated rings. The van der Waals surface area contributed by atoms with E-state index in [4.69, 9.17) is 10.7 Å². The van der Waals surface area contributed by atoms with Crippen LogP contribution < -0.4 is 11.1 Å². The van der Waals surface area contributed by atoms with Crippen molar-refractivity contribution in [1.29, 1.82) is 0 Å². The molecule has 1 amide bonds. The van der Waals surface area contributed by atoms with Crippen molar-refractivity contribution in [1.82, 2.24) is 9.55 Å². The molecular formula is C17H25ClN4OS. The standard InChI is InChI=1S/C17H24N4OS.ClH/c1-23-10-8-13(18)17(22)19-12-6-7-15-14(11-12)20-16-5-3-2-4-9-21(15)16;/h6-7,11,13H,2-5,8-10,18H2,1H3,(H,19,22);1H/t13-;/m0./s1. The number of nitrogens with two attached hydrogens (primary N) is 1. The van der Waals surface area contributed by atoms with Gasteiger partial charge in [-0.3, -0.25) is 4.79 Å². The van der Waals surface area contributed by atoms with Gasteiger partial charge in [-0.05, 0) is 49.5 Å². The van der Waals surface area contributed by atoms with Crippen LogP contribution in [0.2, 0.25) is 0 Å². The molecule has 24 heavy (non-hydrogen) atoms. The summed E-state index contributed by atoms with van der Waals surface area (Å²) in [7, 11) is 0. The number of imidazole rings is 1. The van der Waals surface area contributed by atoms with Gasteiger partial charge in [-0.2, -0.15) is 11.8 Å². The second-order valence-corrected chi connectivity index (χ2v) is 7.06. The quantitative estimate of drug-likeness (QED) is 0.849. The first-order chi connectivity index (χ1) is 11.2. The minimum absolute atomic E-state index is 0. The maximum Gasteiger partial charge on any atom is 0.241 e. The molecule has 132 valence electrons. The average molecular weight is 369 g/mol. The third-order valence-corrected chi connectivity index (χ3v) is 4.99. The van der Waals surface area contributed by atoms with E-state index in [9.17, 15) is 4.79 Å². The fraction of sp³-hybridized carbons (Fsp3) is 0.529. The zero-order chi connectivity index (χ0) is 16.2. The highest BCUT2D eigenvalue weighted by Crippen LogP contribution is 2.24. The molecule has 1 aliphatic heterocycles. The van der Waals surface area contributed by atoms with Crippen LogP contribution in [0.3, 0.4) is 0 Å². The summed E-state index contributed by atoms with van der Waals surface area (Å²) in [6.07, 6.45) is 7.43. The Hall–Kier alpha value is -1.24. The number of carbonyl (C=O) groups excluding carboxylic acids is 1. The first-order valence-electron chi connectivity index (χ1n) is 8.23. The molecule has 0 spiro atoms. The lowest BCUT2D eigenvalue weighted by atomic mass is 10.2. The number of nitrogens with one attached hydrogen (secondary N) is 1. The molecular weight excluding hydrogens is 344 g/mol. The fourth-order valence-electron chi connectivity index (χ4n) is 3.04. The second-order valence-electron chi connectivity index (χ2n) is 6.07. The molecule has 3 rings (SSSR count). The van der Waals surface area contributed by atoms with Gasteiger partial charge in [-0.25, -0.2) is 4.98 Å². The van der Waals surface area contributed by atoms with E-state index in [0.717, 1.165) is 41.3 Å². The van der Waals surface area contributed by atoms with Gasteiger partial charge in [-0.15, -0.1) is 12.4 Å². The summed E-state index contributed by atoms with van der Waals surface area (Å²) in [6, 6.07) is 5.49. The summed E-state index contributed by atoms with van der Waals surface area (Å²) in [5, 5.41) is 2.91. The highest BCUT2D eigenvalue weighted by Gasteiger charge is 2.16. The van der Waals surface area contributed by atoms with Crippen molar-refractivity contribution < 1.29 is 4.79 Å². The molecule has 0 radical (unpaired) electrons. The first-order valence-corrected chi connectivity index (χ1v) is 9.63. The predicted molar refractivity (Wildman–Crippen MR) is 104 cm³/mol. The number of benzene rings is 1. The Balaban J connectivity index is 0.00000208. The molecule has 3 N–H and O–H groups in total. The zero-order valence-electron chi connectivity index (χ0n) is 14.0. The van der Waals surface area contributed by atoms with Crippen LogP contribution in [-0.4, -0.2) is 33.5 Å². The van der Waals surface area contributed by atoms with Crippen molar-refractivity contribution >= 4 is 46.8 Å². The van der Waals surface area contributed by atoms with Crippen molar-refractivity contribution in [2.45, 2.75) is 44.7 Å². The molecule has 1 aromatic carbocycles. The van der Waals surface area contributed by atoms with Crippen LogP contribution in [0.4, 0.5) is 5.69 Å². The third-order valence-electron chi connectivity index (χ3n) is 4.35. The Bertz CT molecular complexity index is 703. The molecule has 2 aromatic rings. The number of hydrogen-bond acceptors (Lipinski definition) is 4. The monoisotopic (exact) mass is 368 g/mol. The number of aryl methyl sites for hydroxylation is 2. The van der Waals surface area contributed by atoms with Gasteiger partial charge in [0.15, 0.2) is 0 Å². The van der Waals surface area contributed by atoms with E-state index in [1.165, 1.54) is 19.3 Å². The van der Waals surface area contributed by atoms with Crippen LogP contribution in [0.15, 0.2) is 18.2 Å². The summed E-state index contributed by atoms with van der Waals surface area (Å²) in [5.41, 5.74) is 8.80. The normalized spacial score (nSPS) is 15.2. The van der Waals surface area contributed by atoms with Gasteiger partial charge in [0.2, 0.25) is 5.91 Å². The maximum absolute atomic E-state index is 12.1. The van der Waals surface area contributed by atoms with Crippen LogP contribution in [0.1, 0.15) is 31.5 Å². The van der Waals surface area contributed by atoms with E-state index in [-0.39, 0.29) is 18.3 Å². The van der Waals surface area contributed by atoms with Crippen molar-refractivity contribution in [2.75, 3.05) is 17.3 Å². The summed E-state index contributed by atoms with van der Waals surface area (Å²) in [5.74, 6) is 1.93. The zero-order valence-corrected chi connectivity index (χ0v) is 15.6. The molecule has 0 unspecified atom stereocenters. The molecule has 7 heteroatoms. The van der Waals surface area contributed by atoms with E-state index < -0.39 is 6.04 Å².